The quantitative estimate of drug-likeness (QED) is 0.706. The fraction of sp³-hybridized carbons (Fsp3) is 0.458. The zero-order valence-electron chi connectivity index (χ0n) is 17.8. The van der Waals surface area contributed by atoms with E-state index in [9.17, 15) is 4.79 Å². The fourth-order valence-corrected chi connectivity index (χ4v) is 5.37. The van der Waals surface area contributed by atoms with Crippen LogP contribution < -0.4 is 15.2 Å². The molecule has 1 N–H and O–H groups in total. The van der Waals surface area contributed by atoms with E-state index in [4.69, 9.17) is 9.72 Å². The number of aromatic amines is 1. The molecule has 2 unspecified atom stereocenters. The predicted molar refractivity (Wildman–Crippen MR) is 120 cm³/mol. The van der Waals surface area contributed by atoms with Crippen molar-refractivity contribution >= 4 is 16.7 Å². The molecule has 1 saturated heterocycles. The highest BCUT2D eigenvalue weighted by Crippen LogP contribution is 2.37. The van der Waals surface area contributed by atoms with Gasteiger partial charge in [-0.25, -0.2) is 0 Å². The maximum atomic E-state index is 12.4. The van der Waals surface area contributed by atoms with Crippen LogP contribution in [-0.2, 0) is 13.0 Å². The summed E-state index contributed by atoms with van der Waals surface area (Å²) in [5, 5.41) is 0. The SMILES string of the molecule is Cc1ccc(N2CCN(Cc3cnc4c5c(c(=O)[nH]c4c3)OCCC5)C3CCC32)cn1. The molecule has 2 atom stereocenters. The number of rotatable bonds is 3. The van der Waals surface area contributed by atoms with Crippen molar-refractivity contribution in [2.75, 3.05) is 24.6 Å². The molecular formula is C24H27N5O2. The van der Waals surface area contributed by atoms with Gasteiger partial charge in [-0.15, -0.1) is 0 Å². The van der Waals surface area contributed by atoms with Crippen LogP contribution in [0, 0.1) is 6.92 Å². The molecule has 0 aromatic carbocycles. The van der Waals surface area contributed by atoms with Gasteiger partial charge < -0.3 is 14.6 Å². The van der Waals surface area contributed by atoms with Crippen LogP contribution in [0.4, 0.5) is 5.69 Å². The summed E-state index contributed by atoms with van der Waals surface area (Å²) in [6.07, 6.45) is 8.21. The van der Waals surface area contributed by atoms with Crippen LogP contribution in [0.25, 0.3) is 11.0 Å². The summed E-state index contributed by atoms with van der Waals surface area (Å²) in [5.41, 5.74) is 5.95. The number of ether oxygens (including phenoxy) is 1. The van der Waals surface area contributed by atoms with Crippen LogP contribution in [0.15, 0.2) is 35.4 Å². The van der Waals surface area contributed by atoms with Crippen LogP contribution in [-0.4, -0.2) is 51.6 Å². The Bertz CT molecular complexity index is 1190. The van der Waals surface area contributed by atoms with Gasteiger partial charge in [-0.1, -0.05) is 0 Å². The summed E-state index contributed by atoms with van der Waals surface area (Å²) in [7, 11) is 0. The van der Waals surface area contributed by atoms with Gasteiger partial charge in [0.05, 0.1) is 29.5 Å². The van der Waals surface area contributed by atoms with Gasteiger partial charge in [0, 0.05) is 49.2 Å². The Morgan fingerprint density at radius 3 is 2.87 bits per heavy atom. The number of pyridine rings is 3. The van der Waals surface area contributed by atoms with E-state index in [1.807, 2.05) is 19.3 Å². The minimum Gasteiger partial charge on any atom is -0.488 e. The Labute approximate surface area is 181 Å². The normalized spacial score (nSPS) is 23.1. The molecule has 5 heterocycles. The number of H-pyrrole nitrogens is 1. The molecule has 2 fully saturated rings. The molecule has 0 spiro atoms. The zero-order valence-corrected chi connectivity index (χ0v) is 17.8. The lowest BCUT2D eigenvalue weighted by Gasteiger charge is -2.54. The molecule has 31 heavy (non-hydrogen) atoms. The predicted octanol–water partition coefficient (Wildman–Crippen LogP) is 2.80. The van der Waals surface area contributed by atoms with Crippen molar-refractivity contribution < 1.29 is 4.74 Å². The largest absolute Gasteiger partial charge is 0.488 e. The molecule has 2 aliphatic heterocycles. The first-order chi connectivity index (χ1) is 15.2. The summed E-state index contributed by atoms with van der Waals surface area (Å²) in [6.45, 7) is 5.52. The molecule has 160 valence electrons. The Balaban J connectivity index is 1.23. The third-order valence-corrected chi connectivity index (χ3v) is 7.09. The lowest BCUT2D eigenvalue weighted by Crippen LogP contribution is -2.64. The highest BCUT2D eigenvalue weighted by Gasteiger charge is 2.42. The first kappa shape index (κ1) is 18.8. The molecule has 0 bridgehead atoms. The van der Waals surface area contributed by atoms with Crippen LogP contribution >= 0.6 is 0 Å². The molecule has 1 aliphatic carbocycles. The molecule has 3 aromatic rings. The molecule has 7 nitrogen and oxygen atoms in total. The van der Waals surface area contributed by atoms with Crippen LogP contribution in [0.1, 0.15) is 36.1 Å². The first-order valence-corrected chi connectivity index (χ1v) is 11.3. The van der Waals surface area contributed by atoms with E-state index in [0.717, 1.165) is 60.3 Å². The van der Waals surface area contributed by atoms with Crippen molar-refractivity contribution in [3.63, 3.8) is 0 Å². The molecule has 0 radical (unpaired) electrons. The second-order valence-corrected chi connectivity index (χ2v) is 8.99. The molecule has 3 aromatic heterocycles. The minimum atomic E-state index is -0.138. The summed E-state index contributed by atoms with van der Waals surface area (Å²) in [5.74, 6) is 0.457. The Kier molecular flexibility index (Phi) is 4.45. The summed E-state index contributed by atoms with van der Waals surface area (Å²) < 4.78 is 5.60. The third-order valence-electron chi connectivity index (χ3n) is 7.09. The van der Waals surface area contributed by atoms with Crippen molar-refractivity contribution in [3.8, 4) is 5.75 Å². The number of nitrogens with one attached hydrogen (secondary N) is 1. The van der Waals surface area contributed by atoms with E-state index in [0.29, 0.717) is 24.4 Å². The van der Waals surface area contributed by atoms with E-state index in [1.54, 1.807) is 0 Å². The molecular weight excluding hydrogens is 390 g/mol. The fourth-order valence-electron chi connectivity index (χ4n) is 5.37. The van der Waals surface area contributed by atoms with Gasteiger partial charge >= 0.3 is 0 Å². The maximum Gasteiger partial charge on any atom is 0.291 e. The Hall–Kier alpha value is -2.93. The van der Waals surface area contributed by atoms with Crippen molar-refractivity contribution in [2.45, 2.75) is 51.2 Å². The number of piperazine rings is 1. The second-order valence-electron chi connectivity index (χ2n) is 8.99. The number of aromatic nitrogens is 3. The van der Waals surface area contributed by atoms with Crippen molar-refractivity contribution in [3.05, 3.63) is 57.8 Å². The van der Waals surface area contributed by atoms with Crippen LogP contribution in [0.2, 0.25) is 0 Å². The maximum absolute atomic E-state index is 12.4. The van der Waals surface area contributed by atoms with Crippen molar-refractivity contribution in [1.29, 1.82) is 0 Å². The van der Waals surface area contributed by atoms with Crippen molar-refractivity contribution in [2.24, 2.45) is 0 Å². The van der Waals surface area contributed by atoms with Crippen LogP contribution in [0.5, 0.6) is 5.75 Å². The smallest absolute Gasteiger partial charge is 0.291 e. The number of anilines is 1. The Morgan fingerprint density at radius 2 is 2.06 bits per heavy atom. The van der Waals surface area contributed by atoms with E-state index in [1.165, 1.54) is 18.5 Å². The van der Waals surface area contributed by atoms with E-state index in [-0.39, 0.29) is 5.56 Å². The molecule has 0 amide bonds. The molecule has 1 saturated carbocycles. The standard InChI is InChI=1S/C24H27N5O2/c1-15-4-5-17(13-25-15)29-9-8-28(20-6-7-21(20)29)14-16-11-19-22(26-12-16)18-3-2-10-31-23(18)24(30)27-19/h4-5,11-13,20-21H,2-3,6-10,14H2,1H3,(H,27,30). The monoisotopic (exact) mass is 417 g/mol. The summed E-state index contributed by atoms with van der Waals surface area (Å²) in [6, 6.07) is 7.50. The number of nitrogens with zero attached hydrogens (tertiary/aromatic N) is 4. The van der Waals surface area contributed by atoms with Gasteiger partial charge in [-0.2, -0.15) is 0 Å². The summed E-state index contributed by atoms with van der Waals surface area (Å²) in [4.78, 5) is 29.8. The van der Waals surface area contributed by atoms with E-state index >= 15 is 0 Å². The molecule has 3 aliphatic rings. The number of fused-ring (bicyclic) bond motifs is 4. The lowest BCUT2D eigenvalue weighted by molar-refractivity contribution is 0.0658. The third kappa shape index (κ3) is 3.19. The van der Waals surface area contributed by atoms with Crippen LogP contribution in [0.3, 0.4) is 0 Å². The second kappa shape index (κ2) is 7.34. The Morgan fingerprint density at radius 1 is 1.16 bits per heavy atom. The average molecular weight is 418 g/mol. The number of hydrogen-bond donors (Lipinski definition) is 1. The summed E-state index contributed by atoms with van der Waals surface area (Å²) >= 11 is 0. The zero-order chi connectivity index (χ0) is 20.9. The van der Waals surface area contributed by atoms with Crippen molar-refractivity contribution in [1.82, 2.24) is 19.9 Å². The molecule has 7 heteroatoms. The van der Waals surface area contributed by atoms with E-state index in [2.05, 4.69) is 38.0 Å². The molecule has 6 rings (SSSR count). The highest BCUT2D eigenvalue weighted by atomic mass is 16.5. The first-order valence-electron chi connectivity index (χ1n) is 11.3. The van der Waals surface area contributed by atoms with E-state index < -0.39 is 0 Å². The van der Waals surface area contributed by atoms with Gasteiger partial charge in [0.2, 0.25) is 0 Å². The van der Waals surface area contributed by atoms with Gasteiger partial charge in [0.1, 0.15) is 0 Å². The van der Waals surface area contributed by atoms with Gasteiger partial charge in [-0.3, -0.25) is 19.7 Å². The number of aryl methyl sites for hydroxylation is 2. The van der Waals surface area contributed by atoms with Gasteiger partial charge in [0.15, 0.2) is 5.75 Å². The lowest BCUT2D eigenvalue weighted by atomic mass is 9.81. The van der Waals surface area contributed by atoms with Gasteiger partial charge in [-0.05, 0) is 56.4 Å². The average Bonchev–Trinajstić information content (AvgIpc) is 2.75. The topological polar surface area (TPSA) is 74.3 Å². The highest BCUT2D eigenvalue weighted by molar-refractivity contribution is 5.80. The van der Waals surface area contributed by atoms with Gasteiger partial charge in [0.25, 0.3) is 5.56 Å². The minimum absolute atomic E-state index is 0.138. The number of hydrogen-bond acceptors (Lipinski definition) is 6.